The van der Waals surface area contributed by atoms with Crippen molar-refractivity contribution < 1.29 is 22.2 Å². The highest BCUT2D eigenvalue weighted by Gasteiger charge is 2.45. The lowest BCUT2D eigenvalue weighted by Gasteiger charge is -2.29. The molecule has 2 fully saturated rings. The van der Waals surface area contributed by atoms with Gasteiger partial charge in [0, 0.05) is 6.54 Å². The molecule has 2 heterocycles. The lowest BCUT2D eigenvalue weighted by atomic mass is 10.0. The lowest BCUT2D eigenvalue weighted by molar-refractivity contribution is -0.140. The van der Waals surface area contributed by atoms with Crippen LogP contribution in [0.3, 0.4) is 0 Å². The smallest absolute Gasteiger partial charge is 0.315 e. The highest BCUT2D eigenvalue weighted by atomic mass is 32.2. The molecule has 0 aliphatic carbocycles. The molecule has 1 aromatic carbocycles. The van der Waals surface area contributed by atoms with Crippen LogP contribution in [0.2, 0.25) is 0 Å². The maximum atomic E-state index is 12.5. The van der Waals surface area contributed by atoms with Gasteiger partial charge in [0.1, 0.15) is 6.61 Å². The van der Waals surface area contributed by atoms with Gasteiger partial charge in [0.25, 0.3) is 10.1 Å². The number of fused-ring (bicyclic) bond motifs is 2. The fourth-order valence-electron chi connectivity index (χ4n) is 2.97. The van der Waals surface area contributed by atoms with Gasteiger partial charge in [-0.15, -0.1) is 0 Å². The summed E-state index contributed by atoms with van der Waals surface area (Å²) in [5.74, 6) is 0. The van der Waals surface area contributed by atoms with Gasteiger partial charge in [0.2, 0.25) is 0 Å². The van der Waals surface area contributed by atoms with E-state index in [4.69, 9.17) is 9.02 Å². The number of nitrogens with zero attached hydrogens (tertiary/aromatic N) is 2. The van der Waals surface area contributed by atoms with Gasteiger partial charge in [-0.05, 0) is 18.4 Å². The number of carbonyl (C=O) groups excluding carboxylic acids is 1. The standard InChI is InChI=1S/C15H20N2O5S/c1-23(19,20)22-11-14-8-7-13-9-16(14)15(18)17(13)21-10-12-5-3-2-4-6-12/h2-6,13-14H,7-11H2,1H3/t13?,14-/m0/s1. The molecular formula is C15H20N2O5S. The van der Waals surface area contributed by atoms with Crippen molar-refractivity contribution in [1.29, 1.82) is 0 Å². The molecule has 2 atom stereocenters. The zero-order valence-corrected chi connectivity index (χ0v) is 13.7. The van der Waals surface area contributed by atoms with Gasteiger partial charge < -0.3 is 4.90 Å². The van der Waals surface area contributed by atoms with Crippen molar-refractivity contribution in [2.45, 2.75) is 31.5 Å². The molecule has 2 aliphatic heterocycles. The number of urea groups is 1. The van der Waals surface area contributed by atoms with Crippen molar-refractivity contribution in [2.24, 2.45) is 0 Å². The Hall–Kier alpha value is -1.64. The van der Waals surface area contributed by atoms with Crippen LogP contribution < -0.4 is 0 Å². The molecule has 23 heavy (non-hydrogen) atoms. The largest absolute Gasteiger partial charge is 0.344 e. The monoisotopic (exact) mass is 340 g/mol. The van der Waals surface area contributed by atoms with E-state index in [2.05, 4.69) is 0 Å². The predicted molar refractivity (Wildman–Crippen MR) is 82.8 cm³/mol. The number of hydroxylamine groups is 2. The van der Waals surface area contributed by atoms with Crippen LogP contribution in [-0.2, 0) is 25.7 Å². The average Bonchev–Trinajstić information content (AvgIpc) is 2.77. The number of carbonyl (C=O) groups is 1. The number of piperidine rings is 1. The van der Waals surface area contributed by atoms with Gasteiger partial charge >= 0.3 is 6.03 Å². The van der Waals surface area contributed by atoms with Crippen LogP contribution in [0.4, 0.5) is 4.79 Å². The quantitative estimate of drug-likeness (QED) is 0.731. The van der Waals surface area contributed by atoms with Crippen LogP contribution in [-0.4, -0.2) is 55.9 Å². The van der Waals surface area contributed by atoms with E-state index in [0.717, 1.165) is 18.2 Å². The Kier molecular flexibility index (Phi) is 4.56. The van der Waals surface area contributed by atoms with Gasteiger partial charge in [-0.1, -0.05) is 30.3 Å². The summed E-state index contributed by atoms with van der Waals surface area (Å²) in [4.78, 5) is 19.8. The second kappa shape index (κ2) is 6.46. The molecule has 0 N–H and O–H groups in total. The van der Waals surface area contributed by atoms with Crippen molar-refractivity contribution in [1.82, 2.24) is 9.96 Å². The van der Waals surface area contributed by atoms with Crippen LogP contribution in [0.15, 0.2) is 30.3 Å². The van der Waals surface area contributed by atoms with Crippen LogP contribution in [0.5, 0.6) is 0 Å². The van der Waals surface area contributed by atoms with Crippen LogP contribution in [0, 0.1) is 0 Å². The van der Waals surface area contributed by atoms with E-state index < -0.39 is 10.1 Å². The molecule has 126 valence electrons. The molecule has 3 rings (SSSR count). The Morgan fingerprint density at radius 2 is 1.96 bits per heavy atom. The maximum absolute atomic E-state index is 12.5. The zero-order valence-electron chi connectivity index (χ0n) is 12.9. The molecule has 7 nitrogen and oxygen atoms in total. The zero-order chi connectivity index (χ0) is 16.4. The van der Waals surface area contributed by atoms with Gasteiger partial charge in [-0.3, -0.25) is 9.02 Å². The number of amides is 2. The summed E-state index contributed by atoms with van der Waals surface area (Å²) in [6.07, 6.45) is 2.49. The highest BCUT2D eigenvalue weighted by Crippen LogP contribution is 2.30. The molecule has 0 aromatic heterocycles. The molecule has 0 radical (unpaired) electrons. The number of rotatable bonds is 6. The minimum Gasteiger partial charge on any atom is -0.315 e. The third-order valence-corrected chi connectivity index (χ3v) is 4.70. The molecule has 0 saturated carbocycles. The fraction of sp³-hybridized carbons (Fsp3) is 0.533. The average molecular weight is 340 g/mol. The minimum atomic E-state index is -3.50. The Morgan fingerprint density at radius 1 is 1.22 bits per heavy atom. The van der Waals surface area contributed by atoms with Crippen molar-refractivity contribution in [3.8, 4) is 0 Å². The number of benzene rings is 1. The first-order chi connectivity index (χ1) is 10.9. The van der Waals surface area contributed by atoms with E-state index in [1.807, 2.05) is 30.3 Å². The number of hydrogen-bond acceptors (Lipinski definition) is 5. The minimum absolute atomic E-state index is 0.00379. The van der Waals surface area contributed by atoms with Crippen LogP contribution >= 0.6 is 0 Å². The van der Waals surface area contributed by atoms with Crippen molar-refractivity contribution in [3.63, 3.8) is 0 Å². The molecule has 2 amide bonds. The Balaban J connectivity index is 1.60. The van der Waals surface area contributed by atoms with Crippen LogP contribution in [0.1, 0.15) is 18.4 Å². The molecule has 2 bridgehead atoms. The second-order valence-electron chi connectivity index (χ2n) is 5.89. The summed E-state index contributed by atoms with van der Waals surface area (Å²) in [5.41, 5.74) is 0.994. The second-order valence-corrected chi connectivity index (χ2v) is 7.54. The van der Waals surface area contributed by atoms with Gasteiger partial charge in [-0.25, -0.2) is 4.79 Å². The van der Waals surface area contributed by atoms with Crippen LogP contribution in [0.25, 0.3) is 0 Å². The Morgan fingerprint density at radius 3 is 2.65 bits per heavy atom. The third kappa shape index (κ3) is 3.82. The van der Waals surface area contributed by atoms with E-state index >= 15 is 0 Å². The highest BCUT2D eigenvalue weighted by molar-refractivity contribution is 7.85. The van der Waals surface area contributed by atoms with E-state index in [1.54, 1.807) is 4.90 Å². The molecule has 8 heteroatoms. The lowest BCUT2D eigenvalue weighted by Crippen LogP contribution is -2.43. The van der Waals surface area contributed by atoms with E-state index in [-0.39, 0.29) is 24.7 Å². The van der Waals surface area contributed by atoms with Gasteiger partial charge in [0.05, 0.1) is 24.9 Å². The summed E-state index contributed by atoms with van der Waals surface area (Å²) in [6, 6.07) is 9.22. The van der Waals surface area contributed by atoms with Crippen molar-refractivity contribution in [3.05, 3.63) is 35.9 Å². The summed E-state index contributed by atoms with van der Waals surface area (Å²) >= 11 is 0. The van der Waals surface area contributed by atoms with E-state index in [9.17, 15) is 13.2 Å². The Labute approximate surface area is 135 Å². The van der Waals surface area contributed by atoms with Gasteiger partial charge in [-0.2, -0.15) is 13.5 Å². The van der Waals surface area contributed by atoms with E-state index in [0.29, 0.717) is 19.6 Å². The Bertz CT molecular complexity index is 664. The predicted octanol–water partition coefficient (Wildman–Crippen LogP) is 1.36. The molecule has 1 unspecified atom stereocenters. The van der Waals surface area contributed by atoms with Crippen molar-refractivity contribution >= 4 is 16.1 Å². The maximum Gasteiger partial charge on any atom is 0.344 e. The first-order valence-corrected chi connectivity index (χ1v) is 9.37. The summed E-state index contributed by atoms with van der Waals surface area (Å²) in [5, 5.41) is 1.42. The van der Waals surface area contributed by atoms with E-state index in [1.165, 1.54) is 5.06 Å². The topological polar surface area (TPSA) is 76.2 Å². The molecule has 1 aromatic rings. The fourth-order valence-corrected chi connectivity index (χ4v) is 3.38. The molecule has 2 aliphatic rings. The number of hydrogen-bond donors (Lipinski definition) is 0. The van der Waals surface area contributed by atoms with Crippen molar-refractivity contribution in [2.75, 3.05) is 19.4 Å². The summed E-state index contributed by atoms with van der Waals surface area (Å²) < 4.78 is 27.1. The summed E-state index contributed by atoms with van der Waals surface area (Å²) in [7, 11) is -3.50. The molecular weight excluding hydrogens is 320 g/mol. The first kappa shape index (κ1) is 16.2. The molecule has 2 saturated heterocycles. The summed E-state index contributed by atoms with van der Waals surface area (Å²) in [6.45, 7) is 0.886. The molecule has 0 spiro atoms. The first-order valence-electron chi connectivity index (χ1n) is 7.55. The SMILES string of the molecule is CS(=O)(=O)OC[C@@H]1CCC2CN1C(=O)N2OCc1ccccc1. The van der Waals surface area contributed by atoms with Gasteiger partial charge in [0.15, 0.2) is 0 Å². The third-order valence-electron chi connectivity index (χ3n) is 4.13. The normalized spacial score (nSPS) is 24.3.